The summed E-state index contributed by atoms with van der Waals surface area (Å²) in [6.45, 7) is 6.47. The molecule has 1 unspecified atom stereocenters. The summed E-state index contributed by atoms with van der Waals surface area (Å²) in [5, 5.41) is 2.35. The van der Waals surface area contributed by atoms with Crippen LogP contribution in [0.15, 0.2) is 0 Å². The van der Waals surface area contributed by atoms with Gasteiger partial charge in [0.15, 0.2) is 5.12 Å². The van der Waals surface area contributed by atoms with Crippen LogP contribution in [0.5, 0.6) is 0 Å². The molecule has 0 aromatic carbocycles. The summed E-state index contributed by atoms with van der Waals surface area (Å²) in [5.41, 5.74) is -0.675. The average molecular weight is 351 g/mol. The molecule has 0 aliphatic heterocycles. The zero-order chi connectivity index (χ0) is 16.0. The van der Waals surface area contributed by atoms with Gasteiger partial charge in [-0.2, -0.15) is 8.42 Å². The van der Waals surface area contributed by atoms with Crippen molar-refractivity contribution >= 4 is 33.1 Å². The topological polar surface area (TPSA) is 110 Å². The molecule has 0 saturated carbocycles. The molecule has 0 rings (SSSR count). The maximum absolute atomic E-state index is 11.6. The summed E-state index contributed by atoms with van der Waals surface area (Å²) in [5.74, 6) is -0.282. The summed E-state index contributed by atoms with van der Waals surface area (Å²) < 4.78 is 35.2. The Morgan fingerprint density at radius 1 is 1.38 bits per heavy atom. The molecular formula is C11H22NNaO6S2. The molecule has 1 amide bonds. The number of alkyl carbamates (subject to hydrolysis) is 1. The summed E-state index contributed by atoms with van der Waals surface area (Å²) >= 11 is 0.964. The van der Waals surface area contributed by atoms with Crippen LogP contribution in [0, 0.1) is 0 Å². The smallest absolute Gasteiger partial charge is 1.00 e. The van der Waals surface area contributed by atoms with Crippen molar-refractivity contribution in [3.63, 3.8) is 0 Å². The maximum Gasteiger partial charge on any atom is 1.00 e. The molecule has 0 aliphatic rings. The van der Waals surface area contributed by atoms with Crippen LogP contribution in [0.4, 0.5) is 4.79 Å². The third-order valence-electron chi connectivity index (χ3n) is 1.93. The van der Waals surface area contributed by atoms with Crippen molar-refractivity contribution in [2.24, 2.45) is 0 Å². The van der Waals surface area contributed by atoms with Crippen LogP contribution in [0.1, 0.15) is 35.5 Å². The van der Waals surface area contributed by atoms with Gasteiger partial charge in [-0.3, -0.25) is 9.35 Å². The van der Waals surface area contributed by atoms with Gasteiger partial charge in [0.25, 0.3) is 10.1 Å². The SMILES string of the molecule is CC(=O)SCC(CCS(=O)(=O)O)NC(=O)OC(C)(C)C.[H-].[Na+]. The second-order valence-corrected chi connectivity index (χ2v) is 7.99. The molecule has 7 nitrogen and oxygen atoms in total. The molecule has 0 aromatic heterocycles. The fourth-order valence-corrected chi connectivity index (χ4v) is 2.45. The Morgan fingerprint density at radius 2 is 1.90 bits per heavy atom. The van der Waals surface area contributed by atoms with Crippen molar-refractivity contribution in [1.29, 1.82) is 0 Å². The largest absolute Gasteiger partial charge is 1.00 e. The zero-order valence-corrected chi connectivity index (χ0v) is 16.6. The quantitative estimate of drug-likeness (QED) is 0.445. The molecule has 0 bridgehead atoms. The minimum Gasteiger partial charge on any atom is -1.00 e. The fraction of sp³-hybridized carbons (Fsp3) is 0.818. The summed E-state index contributed by atoms with van der Waals surface area (Å²) in [4.78, 5) is 22.5. The first kappa shape index (κ1) is 23.5. The number of hydrogen-bond acceptors (Lipinski definition) is 6. The van der Waals surface area contributed by atoms with Gasteiger partial charge in [-0.05, 0) is 27.2 Å². The van der Waals surface area contributed by atoms with E-state index in [0.717, 1.165) is 11.8 Å². The molecule has 0 saturated heterocycles. The van der Waals surface area contributed by atoms with E-state index in [0.29, 0.717) is 0 Å². The van der Waals surface area contributed by atoms with E-state index in [1.807, 2.05) is 0 Å². The Morgan fingerprint density at radius 3 is 2.29 bits per heavy atom. The molecule has 0 spiro atoms. The number of carbonyl (C=O) groups excluding carboxylic acids is 2. The number of carbonyl (C=O) groups is 2. The number of rotatable bonds is 6. The van der Waals surface area contributed by atoms with Gasteiger partial charge in [-0.1, -0.05) is 11.8 Å². The Balaban J connectivity index is -0.00000180. The maximum atomic E-state index is 11.6. The van der Waals surface area contributed by atoms with Gasteiger partial charge < -0.3 is 11.5 Å². The van der Waals surface area contributed by atoms with Crippen molar-refractivity contribution < 1.29 is 58.3 Å². The minimum atomic E-state index is -4.11. The normalized spacial score (nSPS) is 13.0. The van der Waals surface area contributed by atoms with Gasteiger partial charge in [0.1, 0.15) is 5.60 Å². The summed E-state index contributed by atoms with van der Waals surface area (Å²) in [6, 6.07) is -0.583. The van der Waals surface area contributed by atoms with Crippen molar-refractivity contribution in [3.05, 3.63) is 0 Å². The number of nitrogens with one attached hydrogen (secondary N) is 1. The van der Waals surface area contributed by atoms with Crippen molar-refractivity contribution in [3.8, 4) is 0 Å². The van der Waals surface area contributed by atoms with Gasteiger partial charge in [0.2, 0.25) is 0 Å². The monoisotopic (exact) mass is 351 g/mol. The molecular weight excluding hydrogens is 329 g/mol. The number of thioether (sulfide) groups is 1. The van der Waals surface area contributed by atoms with Crippen LogP contribution >= 0.6 is 11.8 Å². The standard InChI is InChI=1S/C11H21NO6S2.Na.H/c1-8(13)19-7-9(5-6-20(15,16)17)12-10(14)18-11(2,3)4;;/h9H,5-7H2,1-4H3,(H,12,14)(H,15,16,17);;/q;+1;-1. The van der Waals surface area contributed by atoms with Crippen molar-refractivity contribution in [2.45, 2.75) is 45.8 Å². The van der Waals surface area contributed by atoms with Crippen LogP contribution in [-0.4, -0.2) is 47.3 Å². The molecule has 120 valence electrons. The molecule has 1 atom stereocenters. The summed E-state index contributed by atoms with van der Waals surface area (Å²) in [6.07, 6.45) is -0.694. The van der Waals surface area contributed by atoms with E-state index in [-0.39, 0.29) is 48.3 Å². The van der Waals surface area contributed by atoms with E-state index in [1.54, 1.807) is 20.8 Å². The number of ether oxygens (including phenoxy) is 1. The fourth-order valence-electron chi connectivity index (χ4n) is 1.18. The van der Waals surface area contributed by atoms with Crippen LogP contribution in [0.25, 0.3) is 0 Å². The van der Waals surface area contributed by atoms with Crippen LogP contribution in [0.3, 0.4) is 0 Å². The van der Waals surface area contributed by atoms with Crippen molar-refractivity contribution in [2.75, 3.05) is 11.5 Å². The third kappa shape index (κ3) is 16.4. The van der Waals surface area contributed by atoms with E-state index >= 15 is 0 Å². The van der Waals surface area contributed by atoms with Gasteiger partial charge in [0, 0.05) is 18.7 Å². The minimum absolute atomic E-state index is 0. The van der Waals surface area contributed by atoms with Crippen LogP contribution < -0.4 is 34.9 Å². The average Bonchev–Trinajstić information content (AvgIpc) is 2.17. The Hall–Kier alpha value is 0.200. The molecule has 2 N–H and O–H groups in total. The third-order valence-corrected chi connectivity index (χ3v) is 3.66. The predicted octanol–water partition coefficient (Wildman–Crippen LogP) is -1.45. The Labute approximate surface area is 153 Å². The Kier molecular flexibility index (Phi) is 11.2. The molecule has 0 fully saturated rings. The number of hydrogen-bond donors (Lipinski definition) is 2. The van der Waals surface area contributed by atoms with E-state index in [4.69, 9.17) is 9.29 Å². The van der Waals surface area contributed by atoms with E-state index in [9.17, 15) is 18.0 Å². The van der Waals surface area contributed by atoms with Gasteiger partial charge in [0.05, 0.1) is 5.75 Å². The predicted molar refractivity (Wildman–Crippen MR) is 78.4 cm³/mol. The second-order valence-electron chi connectivity index (χ2n) is 5.22. The second kappa shape index (κ2) is 10.1. The number of amides is 1. The summed E-state index contributed by atoms with van der Waals surface area (Å²) in [7, 11) is -4.11. The van der Waals surface area contributed by atoms with Crippen LogP contribution in [0.2, 0.25) is 0 Å². The van der Waals surface area contributed by atoms with E-state index in [1.165, 1.54) is 6.92 Å². The van der Waals surface area contributed by atoms with Crippen LogP contribution in [-0.2, 0) is 19.6 Å². The first-order valence-corrected chi connectivity index (χ1v) is 8.56. The van der Waals surface area contributed by atoms with E-state index in [2.05, 4.69) is 5.32 Å². The van der Waals surface area contributed by atoms with Gasteiger partial charge >= 0.3 is 35.7 Å². The van der Waals surface area contributed by atoms with E-state index < -0.39 is 33.6 Å². The molecule has 0 radical (unpaired) electrons. The molecule has 0 aromatic rings. The molecule has 0 aliphatic carbocycles. The molecule has 10 heteroatoms. The first-order valence-electron chi connectivity index (χ1n) is 5.97. The van der Waals surface area contributed by atoms with Gasteiger partial charge in [-0.15, -0.1) is 0 Å². The first-order chi connectivity index (χ1) is 8.89. The van der Waals surface area contributed by atoms with Gasteiger partial charge in [-0.25, -0.2) is 4.79 Å². The molecule has 21 heavy (non-hydrogen) atoms. The molecule has 0 heterocycles. The zero-order valence-electron chi connectivity index (χ0n) is 14.0. The Bertz CT molecular complexity index is 452. The van der Waals surface area contributed by atoms with Crippen molar-refractivity contribution in [1.82, 2.24) is 5.32 Å².